The lowest BCUT2D eigenvalue weighted by Crippen LogP contribution is -2.41. The van der Waals surface area contributed by atoms with Gasteiger partial charge >= 0.3 is 7.12 Å². The number of halogens is 1. The van der Waals surface area contributed by atoms with Crippen LogP contribution in [0, 0.1) is 5.82 Å². The molecule has 0 unspecified atom stereocenters. The molecule has 0 amide bonds. The molecule has 0 aromatic heterocycles. The van der Waals surface area contributed by atoms with Crippen LogP contribution in [-0.4, -0.2) is 18.3 Å². The van der Waals surface area contributed by atoms with Crippen LogP contribution in [0.25, 0.3) is 5.57 Å². The van der Waals surface area contributed by atoms with Crippen LogP contribution in [0.4, 0.5) is 4.39 Å². The quantitative estimate of drug-likeness (QED) is 0.753. The predicted octanol–water partition coefficient (Wildman–Crippen LogP) is 3.86. The fraction of sp³-hybridized carbons (Fsp3) is 0.467. The Labute approximate surface area is 114 Å². The van der Waals surface area contributed by atoms with Gasteiger partial charge in [-0.3, -0.25) is 0 Å². The molecular formula is C15H20BFO2. The van der Waals surface area contributed by atoms with Crippen molar-refractivity contribution in [3.05, 3.63) is 41.6 Å². The van der Waals surface area contributed by atoms with Crippen LogP contribution in [0.5, 0.6) is 0 Å². The molecule has 1 heterocycles. The second kappa shape index (κ2) is 4.76. The Morgan fingerprint density at radius 3 is 2.26 bits per heavy atom. The van der Waals surface area contributed by atoms with E-state index in [0.717, 1.165) is 11.1 Å². The molecule has 1 aromatic carbocycles. The highest BCUT2D eigenvalue weighted by Crippen LogP contribution is 2.37. The molecule has 0 aliphatic carbocycles. The lowest BCUT2D eigenvalue weighted by atomic mass is 9.85. The molecule has 0 spiro atoms. The molecule has 102 valence electrons. The molecule has 1 aromatic rings. The van der Waals surface area contributed by atoms with E-state index in [4.69, 9.17) is 9.31 Å². The molecule has 2 rings (SSSR count). The summed E-state index contributed by atoms with van der Waals surface area (Å²) in [5.41, 5.74) is 1.08. The summed E-state index contributed by atoms with van der Waals surface area (Å²) in [4.78, 5) is 0. The van der Waals surface area contributed by atoms with Crippen LogP contribution in [0.1, 0.15) is 40.2 Å². The molecule has 0 N–H and O–H groups in total. The van der Waals surface area contributed by atoms with Gasteiger partial charge in [-0.2, -0.15) is 0 Å². The molecule has 1 fully saturated rings. The first-order valence-corrected chi connectivity index (χ1v) is 6.51. The minimum atomic E-state index is -0.395. The van der Waals surface area contributed by atoms with Crippen LogP contribution < -0.4 is 0 Å². The third-order valence-corrected chi connectivity index (χ3v) is 3.94. The standard InChI is InChI=1S/C15H20BFO2/c1-11(12-7-6-8-13(17)9-12)10-16-18-14(2,3)15(4,5)19-16/h6-10H,1-5H3/b11-10-. The smallest absolute Gasteiger partial charge is 0.400 e. The Morgan fingerprint density at radius 1 is 1.16 bits per heavy atom. The predicted molar refractivity (Wildman–Crippen MR) is 76.1 cm³/mol. The van der Waals surface area contributed by atoms with E-state index in [0.29, 0.717) is 0 Å². The highest BCUT2D eigenvalue weighted by atomic mass is 19.1. The van der Waals surface area contributed by atoms with E-state index in [2.05, 4.69) is 0 Å². The average molecular weight is 262 g/mol. The summed E-state index contributed by atoms with van der Waals surface area (Å²) in [6.07, 6.45) is 0. The third-order valence-electron chi connectivity index (χ3n) is 3.94. The molecule has 4 heteroatoms. The SMILES string of the molecule is C/C(=C/B1OC(C)(C)C(C)(C)O1)c1cccc(F)c1. The van der Waals surface area contributed by atoms with E-state index >= 15 is 0 Å². The summed E-state index contributed by atoms with van der Waals surface area (Å²) in [5, 5.41) is 0. The van der Waals surface area contributed by atoms with Crippen molar-refractivity contribution >= 4 is 12.7 Å². The van der Waals surface area contributed by atoms with Gasteiger partial charge in [0.25, 0.3) is 0 Å². The van der Waals surface area contributed by atoms with Gasteiger partial charge in [0.05, 0.1) is 11.2 Å². The third kappa shape index (κ3) is 2.90. The molecule has 0 atom stereocenters. The zero-order valence-electron chi connectivity index (χ0n) is 12.2. The molecule has 0 bridgehead atoms. The molecule has 2 nitrogen and oxygen atoms in total. The van der Waals surface area contributed by atoms with Gasteiger partial charge in [0, 0.05) is 0 Å². The molecule has 0 saturated carbocycles. The molecule has 1 aliphatic rings. The van der Waals surface area contributed by atoms with Crippen LogP contribution in [0.3, 0.4) is 0 Å². The summed E-state index contributed by atoms with van der Waals surface area (Å²) in [6.45, 7) is 9.98. The van der Waals surface area contributed by atoms with Crippen molar-refractivity contribution in [2.75, 3.05) is 0 Å². The van der Waals surface area contributed by atoms with Gasteiger partial charge in [0.2, 0.25) is 0 Å². The van der Waals surface area contributed by atoms with Crippen molar-refractivity contribution in [3.8, 4) is 0 Å². The average Bonchev–Trinajstić information content (AvgIpc) is 2.46. The fourth-order valence-electron chi connectivity index (χ4n) is 1.99. The first-order chi connectivity index (χ1) is 8.71. The molecule has 1 aliphatic heterocycles. The number of allylic oxidation sites excluding steroid dienone is 1. The largest absolute Gasteiger partial charge is 0.487 e. The van der Waals surface area contributed by atoms with Crippen LogP contribution in [0.15, 0.2) is 30.2 Å². The van der Waals surface area contributed by atoms with E-state index in [1.165, 1.54) is 12.1 Å². The van der Waals surface area contributed by atoms with Crippen LogP contribution in [0.2, 0.25) is 0 Å². The number of benzene rings is 1. The summed E-state index contributed by atoms with van der Waals surface area (Å²) in [6, 6.07) is 6.52. The van der Waals surface area contributed by atoms with E-state index in [-0.39, 0.29) is 17.0 Å². The lowest BCUT2D eigenvalue weighted by molar-refractivity contribution is 0.00578. The lowest BCUT2D eigenvalue weighted by Gasteiger charge is -2.32. The molecule has 1 saturated heterocycles. The van der Waals surface area contributed by atoms with Gasteiger partial charge < -0.3 is 9.31 Å². The molecule has 0 radical (unpaired) electrons. The van der Waals surface area contributed by atoms with Crippen molar-refractivity contribution in [1.29, 1.82) is 0 Å². The first-order valence-electron chi connectivity index (χ1n) is 6.51. The topological polar surface area (TPSA) is 18.5 Å². The summed E-state index contributed by atoms with van der Waals surface area (Å²) in [7, 11) is -0.395. The van der Waals surface area contributed by atoms with E-state index in [9.17, 15) is 4.39 Å². The maximum atomic E-state index is 13.2. The van der Waals surface area contributed by atoms with Gasteiger partial charge in [-0.05, 0) is 52.3 Å². The summed E-state index contributed by atoms with van der Waals surface area (Å²) >= 11 is 0. The zero-order chi connectivity index (χ0) is 14.3. The maximum Gasteiger partial charge on any atom is 0.487 e. The minimum Gasteiger partial charge on any atom is -0.400 e. The van der Waals surface area contributed by atoms with Gasteiger partial charge in [-0.25, -0.2) is 4.39 Å². The van der Waals surface area contributed by atoms with Crippen LogP contribution >= 0.6 is 0 Å². The van der Waals surface area contributed by atoms with E-state index < -0.39 is 7.12 Å². The number of hydrogen-bond donors (Lipinski definition) is 0. The Kier molecular flexibility index (Phi) is 3.58. The van der Waals surface area contributed by atoms with Crippen molar-refractivity contribution in [1.82, 2.24) is 0 Å². The molecule has 19 heavy (non-hydrogen) atoms. The Hall–Kier alpha value is -1.13. The van der Waals surface area contributed by atoms with Crippen LogP contribution in [-0.2, 0) is 9.31 Å². The summed E-state index contributed by atoms with van der Waals surface area (Å²) < 4.78 is 25.0. The first kappa shape index (κ1) is 14.3. The van der Waals surface area contributed by atoms with Crippen molar-refractivity contribution in [3.63, 3.8) is 0 Å². The van der Waals surface area contributed by atoms with E-state index in [1.54, 1.807) is 6.07 Å². The Morgan fingerprint density at radius 2 is 1.74 bits per heavy atom. The Bertz CT molecular complexity index is 493. The molecular weight excluding hydrogens is 242 g/mol. The second-order valence-corrected chi connectivity index (χ2v) is 5.98. The van der Waals surface area contributed by atoms with Crippen molar-refractivity contribution in [2.24, 2.45) is 0 Å². The highest BCUT2D eigenvalue weighted by Gasteiger charge is 2.50. The fourth-order valence-corrected chi connectivity index (χ4v) is 1.99. The highest BCUT2D eigenvalue weighted by molar-refractivity contribution is 6.53. The number of hydrogen-bond acceptors (Lipinski definition) is 2. The second-order valence-electron chi connectivity index (χ2n) is 5.98. The normalized spacial score (nSPS) is 21.8. The Balaban J connectivity index is 2.20. The van der Waals surface area contributed by atoms with Gasteiger partial charge in [0.1, 0.15) is 5.82 Å². The summed E-state index contributed by atoms with van der Waals surface area (Å²) in [5.74, 6) is 1.66. The zero-order valence-corrected chi connectivity index (χ0v) is 12.2. The maximum absolute atomic E-state index is 13.2. The number of rotatable bonds is 2. The van der Waals surface area contributed by atoms with Crippen molar-refractivity contribution in [2.45, 2.75) is 45.8 Å². The van der Waals surface area contributed by atoms with Crippen molar-refractivity contribution < 1.29 is 13.7 Å². The van der Waals surface area contributed by atoms with E-state index in [1.807, 2.05) is 46.7 Å². The van der Waals surface area contributed by atoms with Gasteiger partial charge in [-0.1, -0.05) is 23.7 Å². The van der Waals surface area contributed by atoms with Gasteiger partial charge in [-0.15, -0.1) is 0 Å². The van der Waals surface area contributed by atoms with Gasteiger partial charge in [0.15, 0.2) is 0 Å². The monoisotopic (exact) mass is 262 g/mol. The minimum absolute atomic E-state index is 0.237.